The van der Waals surface area contributed by atoms with Gasteiger partial charge >= 0.3 is 0 Å². The van der Waals surface area contributed by atoms with E-state index in [9.17, 15) is 9.59 Å². The lowest BCUT2D eigenvalue weighted by atomic mass is 10.2. The second-order valence-corrected chi connectivity index (χ2v) is 7.85. The quantitative estimate of drug-likeness (QED) is 0.796. The van der Waals surface area contributed by atoms with E-state index < -0.39 is 0 Å². The summed E-state index contributed by atoms with van der Waals surface area (Å²) in [5.41, 5.74) is 0.806. The van der Waals surface area contributed by atoms with Gasteiger partial charge in [-0.15, -0.1) is 11.3 Å². The van der Waals surface area contributed by atoms with Gasteiger partial charge in [-0.05, 0) is 31.7 Å². The molecule has 25 heavy (non-hydrogen) atoms. The van der Waals surface area contributed by atoms with Crippen molar-refractivity contribution in [3.05, 3.63) is 26.6 Å². The van der Waals surface area contributed by atoms with E-state index in [0.717, 1.165) is 56.5 Å². The number of hydrogen-bond donors (Lipinski definition) is 1. The molecule has 1 amide bonds. The highest BCUT2D eigenvalue weighted by Gasteiger charge is 2.21. The van der Waals surface area contributed by atoms with Crippen LogP contribution in [0.4, 0.5) is 0 Å². The minimum atomic E-state index is -0.0726. The molecular weight excluding hydrogens is 334 g/mol. The van der Waals surface area contributed by atoms with E-state index in [2.05, 4.69) is 12.2 Å². The molecule has 0 fully saturated rings. The molecule has 0 saturated heterocycles. The first-order chi connectivity index (χ1) is 12.1. The Morgan fingerprint density at radius 3 is 2.88 bits per heavy atom. The lowest BCUT2D eigenvalue weighted by molar-refractivity contribution is 0.0956. The molecule has 0 atom stereocenters. The fourth-order valence-corrected chi connectivity index (χ4v) is 4.57. The first kappa shape index (κ1) is 18.1. The number of carbonyl (C=O) groups is 1. The molecule has 5 nitrogen and oxygen atoms in total. The number of nitrogens with one attached hydrogen (secondary N) is 1. The third-order valence-corrected chi connectivity index (χ3v) is 6.12. The van der Waals surface area contributed by atoms with Crippen LogP contribution in [0.3, 0.4) is 0 Å². The molecule has 0 spiro atoms. The molecule has 0 aromatic carbocycles. The molecule has 2 aromatic heterocycles. The zero-order valence-electron chi connectivity index (χ0n) is 15.2. The zero-order chi connectivity index (χ0) is 17.8. The predicted molar refractivity (Wildman–Crippen MR) is 103 cm³/mol. The summed E-state index contributed by atoms with van der Waals surface area (Å²) in [6, 6.07) is 0. The van der Waals surface area contributed by atoms with Gasteiger partial charge < -0.3 is 5.32 Å². The molecule has 1 N–H and O–H groups in total. The van der Waals surface area contributed by atoms with Crippen LogP contribution < -0.4 is 10.9 Å². The fraction of sp³-hybridized carbons (Fsp3) is 0.632. The molecule has 0 unspecified atom stereocenters. The van der Waals surface area contributed by atoms with Gasteiger partial charge in [-0.1, -0.05) is 32.6 Å². The number of fused-ring (bicyclic) bond motifs is 2. The Kier molecular flexibility index (Phi) is 5.89. The second kappa shape index (κ2) is 8.13. The van der Waals surface area contributed by atoms with Crippen molar-refractivity contribution in [2.24, 2.45) is 0 Å². The third kappa shape index (κ3) is 3.78. The Bertz CT molecular complexity index is 822. The molecule has 2 aromatic rings. The largest absolute Gasteiger partial charge is 0.351 e. The van der Waals surface area contributed by atoms with Gasteiger partial charge in [-0.2, -0.15) is 0 Å². The van der Waals surface area contributed by atoms with Crippen LogP contribution in [0.25, 0.3) is 10.2 Å². The molecular formula is C19H27N3O2S. The van der Waals surface area contributed by atoms with Crippen LogP contribution in [0, 0.1) is 6.92 Å². The second-order valence-electron chi connectivity index (χ2n) is 6.85. The number of amides is 1. The van der Waals surface area contributed by atoms with E-state index in [-0.39, 0.29) is 11.5 Å². The van der Waals surface area contributed by atoms with Gasteiger partial charge in [0.2, 0.25) is 0 Å². The number of nitrogens with zero attached hydrogens (tertiary/aromatic N) is 2. The number of unbranched alkanes of at least 4 members (excludes halogenated alkanes) is 3. The third-order valence-electron chi connectivity index (χ3n) is 4.93. The van der Waals surface area contributed by atoms with Gasteiger partial charge in [0.1, 0.15) is 10.7 Å². The van der Waals surface area contributed by atoms with Crippen molar-refractivity contribution in [1.82, 2.24) is 14.9 Å². The maximum absolute atomic E-state index is 12.9. The number of thiophene rings is 1. The van der Waals surface area contributed by atoms with Crippen molar-refractivity contribution >= 4 is 27.5 Å². The van der Waals surface area contributed by atoms with Gasteiger partial charge in [0.25, 0.3) is 11.5 Å². The Hall–Kier alpha value is -1.69. The van der Waals surface area contributed by atoms with Gasteiger partial charge in [0.05, 0.1) is 10.3 Å². The zero-order valence-corrected chi connectivity index (χ0v) is 16.0. The van der Waals surface area contributed by atoms with E-state index in [0.29, 0.717) is 21.6 Å². The Labute approximate surface area is 152 Å². The van der Waals surface area contributed by atoms with Crippen LogP contribution in [0.5, 0.6) is 0 Å². The van der Waals surface area contributed by atoms with Crippen molar-refractivity contribution < 1.29 is 4.79 Å². The number of carbonyl (C=O) groups excluding carboxylic acids is 1. The number of rotatable bonds is 6. The van der Waals surface area contributed by atoms with E-state index in [1.165, 1.54) is 24.2 Å². The minimum Gasteiger partial charge on any atom is -0.351 e. The molecule has 3 heterocycles. The normalized spacial score (nSPS) is 14.3. The van der Waals surface area contributed by atoms with Crippen molar-refractivity contribution in [1.29, 1.82) is 0 Å². The lowest BCUT2D eigenvalue weighted by Gasteiger charge is -2.08. The summed E-state index contributed by atoms with van der Waals surface area (Å²) in [7, 11) is 0. The van der Waals surface area contributed by atoms with Gasteiger partial charge in [-0.25, -0.2) is 4.98 Å². The SMILES string of the molecule is CCCCCCNC(=O)c1sc2nc3n(c(=O)c2c1C)CCCCC3. The average molecular weight is 362 g/mol. The molecule has 0 radical (unpaired) electrons. The monoisotopic (exact) mass is 361 g/mol. The molecule has 0 aliphatic carbocycles. The predicted octanol–water partition coefficient (Wildman–Crippen LogP) is 3.80. The highest BCUT2D eigenvalue weighted by Crippen LogP contribution is 2.28. The standard InChI is InChI=1S/C19H27N3O2S/c1-3-4-5-8-11-20-17(23)16-13(2)15-18(25-16)21-14-10-7-6-9-12-22(14)19(15)24/h3-12H2,1-2H3,(H,20,23). The van der Waals surface area contributed by atoms with E-state index in [1.54, 1.807) is 0 Å². The van der Waals surface area contributed by atoms with Crippen molar-refractivity contribution in [2.45, 2.75) is 71.8 Å². The van der Waals surface area contributed by atoms with E-state index in [4.69, 9.17) is 4.98 Å². The smallest absolute Gasteiger partial charge is 0.262 e. The Morgan fingerprint density at radius 1 is 1.24 bits per heavy atom. The summed E-state index contributed by atoms with van der Waals surface area (Å²) < 4.78 is 1.82. The summed E-state index contributed by atoms with van der Waals surface area (Å²) in [6.45, 7) is 5.48. The van der Waals surface area contributed by atoms with Gasteiger partial charge in [0, 0.05) is 19.5 Å². The highest BCUT2D eigenvalue weighted by molar-refractivity contribution is 7.20. The van der Waals surface area contributed by atoms with Crippen LogP contribution in [0.15, 0.2) is 4.79 Å². The topological polar surface area (TPSA) is 64.0 Å². The molecule has 3 rings (SSSR count). The highest BCUT2D eigenvalue weighted by atomic mass is 32.1. The molecule has 1 aliphatic heterocycles. The maximum atomic E-state index is 12.9. The van der Waals surface area contributed by atoms with Gasteiger partial charge in [-0.3, -0.25) is 14.2 Å². The summed E-state index contributed by atoms with van der Waals surface area (Å²) >= 11 is 1.36. The van der Waals surface area contributed by atoms with Crippen molar-refractivity contribution in [3.8, 4) is 0 Å². The van der Waals surface area contributed by atoms with Crippen LogP contribution in [0.2, 0.25) is 0 Å². The van der Waals surface area contributed by atoms with E-state index in [1.807, 2.05) is 11.5 Å². The van der Waals surface area contributed by atoms with E-state index >= 15 is 0 Å². The molecule has 136 valence electrons. The van der Waals surface area contributed by atoms with Crippen LogP contribution in [-0.2, 0) is 13.0 Å². The summed E-state index contributed by atoms with van der Waals surface area (Å²) in [5.74, 6) is 0.805. The number of hydrogen-bond acceptors (Lipinski definition) is 4. The summed E-state index contributed by atoms with van der Waals surface area (Å²) in [5, 5.41) is 3.62. The number of aromatic nitrogens is 2. The molecule has 0 saturated carbocycles. The lowest BCUT2D eigenvalue weighted by Crippen LogP contribution is -2.25. The first-order valence-corrected chi connectivity index (χ1v) is 10.3. The fourth-order valence-electron chi connectivity index (χ4n) is 3.46. The molecule has 0 bridgehead atoms. The summed E-state index contributed by atoms with van der Waals surface area (Å²) in [4.78, 5) is 31.5. The minimum absolute atomic E-state index is 0.0256. The van der Waals surface area contributed by atoms with Crippen LogP contribution >= 0.6 is 11.3 Å². The summed E-state index contributed by atoms with van der Waals surface area (Å²) in [6.07, 6.45) is 8.61. The van der Waals surface area contributed by atoms with Crippen LogP contribution in [0.1, 0.15) is 72.9 Å². The van der Waals surface area contributed by atoms with Crippen molar-refractivity contribution in [3.63, 3.8) is 0 Å². The molecule has 6 heteroatoms. The van der Waals surface area contributed by atoms with Gasteiger partial charge in [0.15, 0.2) is 0 Å². The molecule has 1 aliphatic rings. The number of aryl methyl sites for hydroxylation is 2. The average Bonchev–Trinajstić information content (AvgIpc) is 2.78. The van der Waals surface area contributed by atoms with Crippen molar-refractivity contribution in [2.75, 3.05) is 6.54 Å². The maximum Gasteiger partial charge on any atom is 0.262 e. The Balaban J connectivity index is 1.86. The Morgan fingerprint density at radius 2 is 2.08 bits per heavy atom. The first-order valence-electron chi connectivity index (χ1n) is 9.44. The van der Waals surface area contributed by atoms with Crippen LogP contribution in [-0.4, -0.2) is 22.0 Å².